The molecule has 1 aliphatic heterocycles. The van der Waals surface area contributed by atoms with Crippen LogP contribution in [-0.4, -0.2) is 50.2 Å². The summed E-state index contributed by atoms with van der Waals surface area (Å²) in [6.07, 6.45) is 5.93. The zero-order valence-corrected chi connectivity index (χ0v) is 13.3. The summed E-state index contributed by atoms with van der Waals surface area (Å²) >= 11 is 0. The molecule has 1 saturated heterocycles. The van der Waals surface area contributed by atoms with Crippen LogP contribution >= 0.6 is 0 Å². The van der Waals surface area contributed by atoms with Crippen molar-refractivity contribution in [3.05, 3.63) is 30.6 Å². The predicted octanol–water partition coefficient (Wildman–Crippen LogP) is 1.83. The SMILES string of the molecule is CC[C@@H]1CCCCN1C(=O)COc1ccc(-n2cnnn2)cc1. The van der Waals surface area contributed by atoms with Gasteiger partial charge >= 0.3 is 0 Å². The molecular formula is C16H21N5O2. The Hall–Kier alpha value is -2.44. The van der Waals surface area contributed by atoms with Gasteiger partial charge in [0.1, 0.15) is 12.1 Å². The van der Waals surface area contributed by atoms with Crippen LogP contribution in [0, 0.1) is 0 Å². The number of piperidine rings is 1. The molecule has 0 unspecified atom stereocenters. The summed E-state index contributed by atoms with van der Waals surface area (Å²) in [5, 5.41) is 11.0. The number of aromatic nitrogens is 4. The molecule has 1 aromatic carbocycles. The highest BCUT2D eigenvalue weighted by atomic mass is 16.5. The second-order valence-corrected chi connectivity index (χ2v) is 5.68. The predicted molar refractivity (Wildman–Crippen MR) is 84.3 cm³/mol. The molecule has 2 aromatic rings. The van der Waals surface area contributed by atoms with Crippen LogP contribution in [0.25, 0.3) is 5.69 Å². The highest BCUT2D eigenvalue weighted by Crippen LogP contribution is 2.20. The lowest BCUT2D eigenvalue weighted by molar-refractivity contribution is -0.137. The van der Waals surface area contributed by atoms with E-state index >= 15 is 0 Å². The van der Waals surface area contributed by atoms with Crippen LogP contribution < -0.4 is 4.74 Å². The molecule has 23 heavy (non-hydrogen) atoms. The molecule has 0 radical (unpaired) electrons. The summed E-state index contributed by atoms with van der Waals surface area (Å²) in [6.45, 7) is 3.06. The maximum atomic E-state index is 12.4. The fourth-order valence-corrected chi connectivity index (χ4v) is 2.96. The van der Waals surface area contributed by atoms with Gasteiger partial charge in [-0.2, -0.15) is 0 Å². The average Bonchev–Trinajstić information content (AvgIpc) is 3.14. The van der Waals surface area contributed by atoms with E-state index in [1.807, 2.05) is 29.2 Å². The molecule has 1 amide bonds. The minimum absolute atomic E-state index is 0.0705. The fraction of sp³-hybridized carbons (Fsp3) is 0.500. The van der Waals surface area contributed by atoms with Gasteiger partial charge in [-0.1, -0.05) is 6.92 Å². The van der Waals surface area contributed by atoms with Crippen LogP contribution in [0.4, 0.5) is 0 Å². The standard InChI is InChI=1S/C16H21N5O2/c1-2-13-5-3-4-10-20(13)16(22)11-23-15-8-6-14(7-9-15)21-12-17-18-19-21/h6-9,12-13H,2-5,10-11H2,1H3/t13-/m1/s1. The first kappa shape index (κ1) is 15.5. The maximum Gasteiger partial charge on any atom is 0.260 e. The Morgan fingerprint density at radius 1 is 1.30 bits per heavy atom. The number of rotatable bonds is 5. The van der Waals surface area contributed by atoms with E-state index in [-0.39, 0.29) is 12.5 Å². The van der Waals surface area contributed by atoms with Crippen molar-refractivity contribution in [2.24, 2.45) is 0 Å². The Morgan fingerprint density at radius 3 is 2.83 bits per heavy atom. The van der Waals surface area contributed by atoms with Crippen molar-refractivity contribution in [2.45, 2.75) is 38.6 Å². The first-order chi connectivity index (χ1) is 11.3. The van der Waals surface area contributed by atoms with E-state index < -0.39 is 0 Å². The third kappa shape index (κ3) is 3.67. The molecule has 2 heterocycles. The van der Waals surface area contributed by atoms with Crippen LogP contribution in [0.5, 0.6) is 5.75 Å². The average molecular weight is 315 g/mol. The summed E-state index contributed by atoms with van der Waals surface area (Å²) in [5.41, 5.74) is 0.843. The molecule has 0 aliphatic carbocycles. The number of tetrazole rings is 1. The van der Waals surface area contributed by atoms with Gasteiger partial charge in [0.2, 0.25) is 0 Å². The normalized spacial score (nSPS) is 18.0. The number of nitrogens with zero attached hydrogens (tertiary/aromatic N) is 5. The molecule has 0 saturated carbocycles. The van der Waals surface area contributed by atoms with E-state index in [9.17, 15) is 4.79 Å². The van der Waals surface area contributed by atoms with Gasteiger partial charge in [0.05, 0.1) is 5.69 Å². The second-order valence-electron chi connectivity index (χ2n) is 5.68. The summed E-state index contributed by atoms with van der Waals surface area (Å²) in [4.78, 5) is 14.3. The number of hydrogen-bond acceptors (Lipinski definition) is 5. The third-order valence-corrected chi connectivity index (χ3v) is 4.23. The fourth-order valence-electron chi connectivity index (χ4n) is 2.96. The molecule has 1 fully saturated rings. The smallest absolute Gasteiger partial charge is 0.260 e. The summed E-state index contributed by atoms with van der Waals surface area (Å²) in [6, 6.07) is 7.70. The highest BCUT2D eigenvalue weighted by molar-refractivity contribution is 5.78. The Kier molecular flexibility index (Phi) is 4.85. The van der Waals surface area contributed by atoms with Gasteiger partial charge in [0.15, 0.2) is 6.61 Å². The van der Waals surface area contributed by atoms with Gasteiger partial charge in [0.25, 0.3) is 5.91 Å². The molecule has 122 valence electrons. The molecule has 3 rings (SSSR count). The van der Waals surface area contributed by atoms with Gasteiger partial charge < -0.3 is 9.64 Å². The monoisotopic (exact) mass is 315 g/mol. The van der Waals surface area contributed by atoms with E-state index in [4.69, 9.17) is 4.74 Å². The molecule has 1 atom stereocenters. The van der Waals surface area contributed by atoms with Crippen molar-refractivity contribution < 1.29 is 9.53 Å². The van der Waals surface area contributed by atoms with Crippen molar-refractivity contribution in [3.8, 4) is 11.4 Å². The van der Waals surface area contributed by atoms with Gasteiger partial charge in [0, 0.05) is 12.6 Å². The third-order valence-electron chi connectivity index (χ3n) is 4.23. The molecule has 0 bridgehead atoms. The van der Waals surface area contributed by atoms with Crippen molar-refractivity contribution in [2.75, 3.05) is 13.2 Å². The van der Waals surface area contributed by atoms with Gasteiger partial charge in [-0.05, 0) is 60.4 Å². The Bertz CT molecular complexity index is 626. The summed E-state index contributed by atoms with van der Waals surface area (Å²) in [7, 11) is 0. The first-order valence-electron chi connectivity index (χ1n) is 8.03. The quantitative estimate of drug-likeness (QED) is 0.841. The summed E-state index contributed by atoms with van der Waals surface area (Å²) in [5.74, 6) is 0.737. The Balaban J connectivity index is 1.56. The topological polar surface area (TPSA) is 73.1 Å². The highest BCUT2D eigenvalue weighted by Gasteiger charge is 2.25. The zero-order valence-electron chi connectivity index (χ0n) is 13.3. The van der Waals surface area contributed by atoms with Crippen LogP contribution in [-0.2, 0) is 4.79 Å². The van der Waals surface area contributed by atoms with E-state index in [0.29, 0.717) is 11.8 Å². The van der Waals surface area contributed by atoms with Gasteiger partial charge in [-0.3, -0.25) is 4.79 Å². The maximum absolute atomic E-state index is 12.4. The lowest BCUT2D eigenvalue weighted by Gasteiger charge is -2.35. The number of benzene rings is 1. The van der Waals surface area contributed by atoms with Crippen molar-refractivity contribution >= 4 is 5.91 Å². The molecule has 1 aromatic heterocycles. The van der Waals surface area contributed by atoms with Crippen molar-refractivity contribution in [3.63, 3.8) is 0 Å². The number of amides is 1. The van der Waals surface area contributed by atoms with Gasteiger partial charge in [-0.25, -0.2) is 4.68 Å². The van der Waals surface area contributed by atoms with E-state index in [1.165, 1.54) is 12.7 Å². The molecule has 7 nitrogen and oxygen atoms in total. The van der Waals surface area contributed by atoms with E-state index in [0.717, 1.165) is 31.5 Å². The zero-order chi connectivity index (χ0) is 16.1. The number of likely N-dealkylation sites (tertiary alicyclic amines) is 1. The Labute approximate surface area is 135 Å². The minimum atomic E-state index is 0.0705. The molecule has 1 aliphatic rings. The number of ether oxygens (including phenoxy) is 1. The molecule has 0 spiro atoms. The van der Waals surface area contributed by atoms with Crippen LogP contribution in [0.1, 0.15) is 32.6 Å². The Morgan fingerprint density at radius 2 is 2.13 bits per heavy atom. The lowest BCUT2D eigenvalue weighted by atomic mass is 10.00. The summed E-state index contributed by atoms with van der Waals surface area (Å²) < 4.78 is 7.20. The van der Waals surface area contributed by atoms with Crippen LogP contribution in [0.3, 0.4) is 0 Å². The molecular weight excluding hydrogens is 294 g/mol. The molecule has 7 heteroatoms. The van der Waals surface area contributed by atoms with Crippen molar-refractivity contribution in [1.82, 2.24) is 25.1 Å². The van der Waals surface area contributed by atoms with Crippen LogP contribution in [0.15, 0.2) is 30.6 Å². The molecule has 0 N–H and O–H groups in total. The van der Waals surface area contributed by atoms with Crippen molar-refractivity contribution in [1.29, 1.82) is 0 Å². The minimum Gasteiger partial charge on any atom is -0.484 e. The first-order valence-corrected chi connectivity index (χ1v) is 8.03. The van der Waals surface area contributed by atoms with E-state index in [2.05, 4.69) is 22.4 Å². The van der Waals surface area contributed by atoms with Crippen LogP contribution in [0.2, 0.25) is 0 Å². The lowest BCUT2D eigenvalue weighted by Crippen LogP contribution is -2.45. The number of carbonyl (C=O) groups is 1. The number of hydrogen-bond donors (Lipinski definition) is 0. The largest absolute Gasteiger partial charge is 0.484 e. The van der Waals surface area contributed by atoms with Gasteiger partial charge in [-0.15, -0.1) is 5.10 Å². The number of carbonyl (C=O) groups excluding carboxylic acids is 1. The second kappa shape index (κ2) is 7.21. The van der Waals surface area contributed by atoms with E-state index in [1.54, 1.807) is 4.68 Å².